The molecule has 0 fully saturated rings. The van der Waals surface area contributed by atoms with Gasteiger partial charge in [0, 0.05) is 0 Å². The van der Waals surface area contributed by atoms with Crippen molar-refractivity contribution in [3.05, 3.63) is 35.9 Å². The zero-order valence-electron chi connectivity index (χ0n) is 9.60. The van der Waals surface area contributed by atoms with Crippen molar-refractivity contribution >= 4 is 0 Å². The molecular formula is C13H21NO2. The number of hydrogen-bond acceptors (Lipinski definition) is 3. The lowest BCUT2D eigenvalue weighted by atomic mass is 9.94. The van der Waals surface area contributed by atoms with Crippen LogP contribution in [0.2, 0.25) is 0 Å². The van der Waals surface area contributed by atoms with Crippen molar-refractivity contribution < 1.29 is 10.2 Å². The van der Waals surface area contributed by atoms with Gasteiger partial charge in [0.15, 0.2) is 0 Å². The zero-order valence-corrected chi connectivity index (χ0v) is 9.60. The first-order chi connectivity index (χ1) is 7.70. The summed E-state index contributed by atoms with van der Waals surface area (Å²) in [6.45, 7) is -0.316. The maximum atomic E-state index is 9.02. The third-order valence-electron chi connectivity index (χ3n) is 2.86. The standard InChI is InChI=1S/C13H21NO2/c14-13(10-15,11-16)9-5-4-8-12-6-2-1-3-7-12/h1-3,6-7,15-16H,4-5,8-11,14H2. The van der Waals surface area contributed by atoms with Crippen LogP contribution < -0.4 is 5.73 Å². The van der Waals surface area contributed by atoms with Crippen molar-refractivity contribution in [3.63, 3.8) is 0 Å². The third-order valence-corrected chi connectivity index (χ3v) is 2.86. The van der Waals surface area contributed by atoms with Gasteiger partial charge in [-0.25, -0.2) is 0 Å². The first kappa shape index (κ1) is 13.2. The summed E-state index contributed by atoms with van der Waals surface area (Å²) in [5.41, 5.74) is 6.28. The summed E-state index contributed by atoms with van der Waals surface area (Å²) in [7, 11) is 0. The second kappa shape index (κ2) is 6.63. The van der Waals surface area contributed by atoms with E-state index < -0.39 is 5.54 Å². The van der Waals surface area contributed by atoms with E-state index in [0.717, 1.165) is 19.3 Å². The molecule has 0 aliphatic rings. The number of aryl methyl sites for hydroxylation is 1. The van der Waals surface area contributed by atoms with Crippen molar-refractivity contribution in [3.8, 4) is 0 Å². The van der Waals surface area contributed by atoms with Gasteiger partial charge >= 0.3 is 0 Å². The highest BCUT2D eigenvalue weighted by atomic mass is 16.3. The number of rotatable bonds is 7. The molecule has 0 spiro atoms. The van der Waals surface area contributed by atoms with Crippen molar-refractivity contribution in [2.75, 3.05) is 13.2 Å². The molecule has 0 heterocycles. The van der Waals surface area contributed by atoms with Crippen LogP contribution in [0.4, 0.5) is 0 Å². The highest BCUT2D eigenvalue weighted by molar-refractivity contribution is 5.14. The second-order valence-electron chi connectivity index (χ2n) is 4.37. The third kappa shape index (κ3) is 4.31. The van der Waals surface area contributed by atoms with Gasteiger partial charge in [-0.2, -0.15) is 0 Å². The van der Waals surface area contributed by atoms with E-state index in [1.54, 1.807) is 0 Å². The molecule has 4 N–H and O–H groups in total. The lowest BCUT2D eigenvalue weighted by Crippen LogP contribution is -2.47. The summed E-state index contributed by atoms with van der Waals surface area (Å²) >= 11 is 0. The van der Waals surface area contributed by atoms with Gasteiger partial charge in [-0.3, -0.25) is 0 Å². The van der Waals surface area contributed by atoms with Gasteiger partial charge in [0.1, 0.15) is 0 Å². The summed E-state index contributed by atoms with van der Waals surface area (Å²) in [6, 6.07) is 10.3. The molecule has 0 aliphatic carbocycles. The van der Waals surface area contributed by atoms with Crippen molar-refractivity contribution in [2.24, 2.45) is 5.73 Å². The minimum atomic E-state index is -0.809. The van der Waals surface area contributed by atoms with Crippen LogP contribution in [-0.2, 0) is 6.42 Å². The Morgan fingerprint density at radius 3 is 2.19 bits per heavy atom. The maximum Gasteiger partial charge on any atom is 0.0633 e. The Morgan fingerprint density at radius 1 is 1.00 bits per heavy atom. The summed E-state index contributed by atoms with van der Waals surface area (Å²) < 4.78 is 0. The van der Waals surface area contributed by atoms with E-state index in [9.17, 15) is 0 Å². The lowest BCUT2D eigenvalue weighted by molar-refractivity contribution is 0.112. The van der Waals surface area contributed by atoms with Crippen LogP contribution in [0.3, 0.4) is 0 Å². The molecule has 0 amide bonds. The smallest absolute Gasteiger partial charge is 0.0633 e. The Labute approximate surface area is 96.9 Å². The quantitative estimate of drug-likeness (QED) is 0.606. The molecule has 0 aromatic heterocycles. The Hall–Kier alpha value is -0.900. The van der Waals surface area contributed by atoms with Gasteiger partial charge in [0.25, 0.3) is 0 Å². The Morgan fingerprint density at radius 2 is 1.62 bits per heavy atom. The van der Waals surface area contributed by atoms with E-state index in [1.807, 2.05) is 18.2 Å². The summed E-state index contributed by atoms with van der Waals surface area (Å²) in [4.78, 5) is 0. The predicted molar refractivity (Wildman–Crippen MR) is 65.1 cm³/mol. The molecular weight excluding hydrogens is 202 g/mol. The van der Waals surface area contributed by atoms with Crippen LogP contribution in [0.5, 0.6) is 0 Å². The highest BCUT2D eigenvalue weighted by Crippen LogP contribution is 2.12. The minimum Gasteiger partial charge on any atom is -0.394 e. The van der Waals surface area contributed by atoms with Crippen LogP contribution >= 0.6 is 0 Å². The fourth-order valence-electron chi connectivity index (χ4n) is 1.66. The molecule has 3 heteroatoms. The Bertz CT molecular complexity index is 283. The number of hydrogen-bond donors (Lipinski definition) is 3. The van der Waals surface area contributed by atoms with Crippen LogP contribution in [0.1, 0.15) is 24.8 Å². The SMILES string of the molecule is NC(CO)(CO)CCCCc1ccccc1. The van der Waals surface area contributed by atoms with Gasteiger partial charge in [0.2, 0.25) is 0 Å². The largest absolute Gasteiger partial charge is 0.394 e. The number of aliphatic hydroxyl groups is 2. The second-order valence-corrected chi connectivity index (χ2v) is 4.37. The molecule has 0 radical (unpaired) electrons. The Kier molecular flexibility index (Phi) is 5.46. The topological polar surface area (TPSA) is 66.5 Å². The predicted octanol–water partition coefficient (Wildman–Crippen LogP) is 1.08. The highest BCUT2D eigenvalue weighted by Gasteiger charge is 2.21. The molecule has 1 rings (SSSR count). The first-order valence-electron chi connectivity index (χ1n) is 5.75. The molecule has 0 saturated heterocycles. The van der Waals surface area contributed by atoms with Gasteiger partial charge < -0.3 is 15.9 Å². The van der Waals surface area contributed by atoms with Crippen molar-refractivity contribution in [1.29, 1.82) is 0 Å². The normalized spacial score (nSPS) is 11.7. The zero-order chi connectivity index (χ0) is 11.9. The molecule has 0 unspecified atom stereocenters. The average Bonchev–Trinajstić information content (AvgIpc) is 2.36. The Balaban J connectivity index is 2.22. The molecule has 16 heavy (non-hydrogen) atoms. The number of aliphatic hydroxyl groups excluding tert-OH is 2. The number of benzene rings is 1. The van der Waals surface area contributed by atoms with Crippen LogP contribution in [-0.4, -0.2) is 29.0 Å². The molecule has 0 saturated carbocycles. The minimum absolute atomic E-state index is 0.158. The molecule has 90 valence electrons. The average molecular weight is 223 g/mol. The number of nitrogens with two attached hydrogens (primary N) is 1. The molecule has 1 aromatic carbocycles. The van der Waals surface area contributed by atoms with Crippen LogP contribution in [0.25, 0.3) is 0 Å². The molecule has 3 nitrogen and oxygen atoms in total. The van der Waals surface area contributed by atoms with E-state index in [1.165, 1.54) is 5.56 Å². The molecule has 0 bridgehead atoms. The van der Waals surface area contributed by atoms with Gasteiger partial charge in [-0.15, -0.1) is 0 Å². The fraction of sp³-hybridized carbons (Fsp3) is 0.538. The maximum absolute atomic E-state index is 9.02. The van der Waals surface area contributed by atoms with Crippen molar-refractivity contribution in [2.45, 2.75) is 31.2 Å². The van der Waals surface area contributed by atoms with Gasteiger partial charge in [-0.05, 0) is 24.8 Å². The first-order valence-corrected chi connectivity index (χ1v) is 5.75. The molecule has 0 aliphatic heterocycles. The van der Waals surface area contributed by atoms with Gasteiger partial charge in [0.05, 0.1) is 18.8 Å². The molecule has 1 aromatic rings. The summed E-state index contributed by atoms with van der Waals surface area (Å²) in [5, 5.41) is 18.0. The van der Waals surface area contributed by atoms with E-state index in [0.29, 0.717) is 6.42 Å². The van der Waals surface area contributed by atoms with E-state index >= 15 is 0 Å². The van der Waals surface area contributed by atoms with Gasteiger partial charge in [-0.1, -0.05) is 36.8 Å². The monoisotopic (exact) mass is 223 g/mol. The van der Waals surface area contributed by atoms with Crippen molar-refractivity contribution in [1.82, 2.24) is 0 Å². The van der Waals surface area contributed by atoms with E-state index in [4.69, 9.17) is 15.9 Å². The van der Waals surface area contributed by atoms with E-state index in [2.05, 4.69) is 12.1 Å². The summed E-state index contributed by atoms with van der Waals surface area (Å²) in [6.07, 6.45) is 3.64. The fourth-order valence-corrected chi connectivity index (χ4v) is 1.66. The number of unbranched alkanes of at least 4 members (excludes halogenated alkanes) is 1. The van der Waals surface area contributed by atoms with Crippen LogP contribution in [0.15, 0.2) is 30.3 Å². The lowest BCUT2D eigenvalue weighted by Gasteiger charge is -2.24. The van der Waals surface area contributed by atoms with E-state index in [-0.39, 0.29) is 13.2 Å². The summed E-state index contributed by atoms with van der Waals surface area (Å²) in [5.74, 6) is 0. The molecule has 0 atom stereocenters. The van der Waals surface area contributed by atoms with Crippen LogP contribution in [0, 0.1) is 0 Å².